The SMILES string of the molecule is CCCCCCc1ccc(C2CN=C(NC(=O)OC(C)C)N2CC)cc1. The number of aliphatic imine (C=N–C) groups is 1. The van der Waals surface area contributed by atoms with Gasteiger partial charge in [-0.25, -0.2) is 4.79 Å². The Hall–Kier alpha value is -2.04. The molecule has 0 aromatic heterocycles. The van der Waals surface area contributed by atoms with Crippen LogP contribution in [0.15, 0.2) is 29.3 Å². The minimum Gasteiger partial charge on any atom is -0.447 e. The van der Waals surface area contributed by atoms with Crippen molar-refractivity contribution in [2.45, 2.75) is 71.9 Å². The summed E-state index contributed by atoms with van der Waals surface area (Å²) in [7, 11) is 0. The van der Waals surface area contributed by atoms with Crippen LogP contribution in [0.5, 0.6) is 0 Å². The number of carbonyl (C=O) groups is 1. The van der Waals surface area contributed by atoms with E-state index in [9.17, 15) is 4.79 Å². The van der Waals surface area contributed by atoms with E-state index in [0.29, 0.717) is 12.5 Å². The molecule has 26 heavy (non-hydrogen) atoms. The molecular weight excluding hydrogens is 326 g/mol. The lowest BCUT2D eigenvalue weighted by molar-refractivity contribution is 0.119. The molecule has 1 unspecified atom stereocenters. The Kier molecular flexibility index (Phi) is 7.95. The van der Waals surface area contributed by atoms with E-state index in [1.165, 1.54) is 36.8 Å². The number of nitrogens with zero attached hydrogens (tertiary/aromatic N) is 2. The van der Waals surface area contributed by atoms with Gasteiger partial charge in [-0.05, 0) is 44.7 Å². The predicted molar refractivity (Wildman–Crippen MR) is 106 cm³/mol. The lowest BCUT2D eigenvalue weighted by Gasteiger charge is -2.27. The van der Waals surface area contributed by atoms with E-state index in [4.69, 9.17) is 4.74 Å². The number of amides is 1. The second-order valence-electron chi connectivity index (χ2n) is 7.10. The number of guanidine groups is 1. The largest absolute Gasteiger partial charge is 0.447 e. The first-order valence-corrected chi connectivity index (χ1v) is 9.92. The van der Waals surface area contributed by atoms with Gasteiger partial charge in [0.2, 0.25) is 5.96 Å². The van der Waals surface area contributed by atoms with E-state index >= 15 is 0 Å². The summed E-state index contributed by atoms with van der Waals surface area (Å²) in [6.07, 6.45) is 5.71. The Morgan fingerprint density at radius 1 is 1.23 bits per heavy atom. The molecule has 1 aromatic rings. The first-order chi connectivity index (χ1) is 12.5. The first-order valence-electron chi connectivity index (χ1n) is 9.92. The van der Waals surface area contributed by atoms with Gasteiger partial charge in [0.1, 0.15) is 0 Å². The summed E-state index contributed by atoms with van der Waals surface area (Å²) in [5.74, 6) is 0.604. The van der Waals surface area contributed by atoms with Crippen LogP contribution in [0.1, 0.15) is 70.5 Å². The summed E-state index contributed by atoms with van der Waals surface area (Å²) in [4.78, 5) is 18.5. The predicted octanol–water partition coefficient (Wildman–Crippen LogP) is 4.68. The molecule has 0 saturated carbocycles. The zero-order valence-corrected chi connectivity index (χ0v) is 16.6. The number of rotatable bonds is 8. The van der Waals surface area contributed by atoms with Crippen molar-refractivity contribution >= 4 is 12.1 Å². The molecule has 1 atom stereocenters. The Morgan fingerprint density at radius 3 is 2.58 bits per heavy atom. The number of alkyl carbamates (subject to hydrolysis) is 1. The highest BCUT2D eigenvalue weighted by Crippen LogP contribution is 2.26. The van der Waals surface area contributed by atoms with Crippen molar-refractivity contribution in [3.63, 3.8) is 0 Å². The quantitative estimate of drug-likeness (QED) is 0.686. The minimum atomic E-state index is -0.444. The van der Waals surface area contributed by atoms with Crippen molar-refractivity contribution in [3.05, 3.63) is 35.4 Å². The van der Waals surface area contributed by atoms with Gasteiger partial charge < -0.3 is 9.64 Å². The van der Waals surface area contributed by atoms with E-state index in [0.717, 1.165) is 13.0 Å². The summed E-state index contributed by atoms with van der Waals surface area (Å²) >= 11 is 0. The van der Waals surface area contributed by atoms with Gasteiger partial charge in [0.15, 0.2) is 0 Å². The molecule has 1 amide bonds. The van der Waals surface area contributed by atoms with Gasteiger partial charge in [-0.1, -0.05) is 50.5 Å². The molecule has 1 N–H and O–H groups in total. The Balaban J connectivity index is 1.93. The number of ether oxygens (including phenoxy) is 1. The molecular formula is C21H33N3O2. The number of hydrogen-bond acceptors (Lipinski definition) is 4. The zero-order valence-electron chi connectivity index (χ0n) is 16.6. The topological polar surface area (TPSA) is 53.9 Å². The van der Waals surface area contributed by atoms with Crippen LogP contribution in [-0.2, 0) is 11.2 Å². The fourth-order valence-electron chi connectivity index (χ4n) is 3.27. The van der Waals surface area contributed by atoms with Crippen LogP contribution in [0.3, 0.4) is 0 Å². The second-order valence-corrected chi connectivity index (χ2v) is 7.10. The highest BCUT2D eigenvalue weighted by Gasteiger charge is 2.29. The van der Waals surface area contributed by atoms with E-state index in [2.05, 4.69) is 53.3 Å². The van der Waals surface area contributed by atoms with Crippen molar-refractivity contribution < 1.29 is 9.53 Å². The number of nitrogens with one attached hydrogen (secondary N) is 1. The van der Waals surface area contributed by atoms with E-state index in [1.54, 1.807) is 0 Å². The van der Waals surface area contributed by atoms with E-state index in [-0.39, 0.29) is 12.1 Å². The molecule has 1 aliphatic heterocycles. The Bertz CT molecular complexity index is 596. The number of likely N-dealkylation sites (N-methyl/N-ethyl adjacent to an activating group) is 1. The summed E-state index contributed by atoms with van der Waals surface area (Å²) in [6.45, 7) is 9.42. The van der Waals surface area contributed by atoms with Crippen molar-refractivity contribution in [3.8, 4) is 0 Å². The molecule has 1 heterocycles. The maximum atomic E-state index is 11.9. The molecule has 0 fully saturated rings. The van der Waals surface area contributed by atoms with E-state index in [1.807, 2.05) is 13.8 Å². The zero-order chi connectivity index (χ0) is 18.9. The van der Waals surface area contributed by atoms with Crippen LogP contribution in [0.2, 0.25) is 0 Å². The first kappa shape index (κ1) is 20.3. The summed E-state index contributed by atoms with van der Waals surface area (Å²) in [6, 6.07) is 9.03. The normalized spacial score (nSPS) is 16.7. The smallest absolute Gasteiger partial charge is 0.414 e. The van der Waals surface area contributed by atoms with Crippen LogP contribution in [0.25, 0.3) is 0 Å². The lowest BCUT2D eigenvalue weighted by Crippen LogP contribution is -2.43. The molecule has 0 aliphatic carbocycles. The number of hydrogen-bond donors (Lipinski definition) is 1. The van der Waals surface area contributed by atoms with Crippen molar-refractivity contribution in [2.24, 2.45) is 4.99 Å². The average molecular weight is 360 g/mol. The summed E-state index contributed by atoms with van der Waals surface area (Å²) in [5, 5.41) is 2.78. The van der Waals surface area contributed by atoms with Crippen LogP contribution >= 0.6 is 0 Å². The molecule has 1 aromatic carbocycles. The van der Waals surface area contributed by atoms with Crippen molar-refractivity contribution in [2.75, 3.05) is 13.1 Å². The summed E-state index contributed by atoms with van der Waals surface area (Å²) in [5.41, 5.74) is 2.63. The molecule has 144 valence electrons. The molecule has 0 radical (unpaired) electrons. The summed E-state index contributed by atoms with van der Waals surface area (Å²) < 4.78 is 5.16. The van der Waals surface area contributed by atoms with Gasteiger partial charge >= 0.3 is 6.09 Å². The number of carbonyl (C=O) groups excluding carboxylic acids is 1. The van der Waals surface area contributed by atoms with Crippen molar-refractivity contribution in [1.82, 2.24) is 10.2 Å². The maximum Gasteiger partial charge on any atom is 0.414 e. The monoisotopic (exact) mass is 359 g/mol. The van der Waals surface area contributed by atoms with Gasteiger partial charge in [-0.3, -0.25) is 10.3 Å². The van der Waals surface area contributed by atoms with Gasteiger partial charge in [0.25, 0.3) is 0 Å². The van der Waals surface area contributed by atoms with Gasteiger partial charge in [-0.15, -0.1) is 0 Å². The standard InChI is InChI=1S/C21H33N3O2/c1-5-7-8-9-10-17-11-13-18(14-12-17)19-15-22-20(24(19)6-2)23-21(25)26-16(3)4/h11-14,16,19H,5-10,15H2,1-4H3,(H,22,23,25). The lowest BCUT2D eigenvalue weighted by atomic mass is 10.0. The van der Waals surface area contributed by atoms with Crippen LogP contribution in [-0.4, -0.2) is 36.1 Å². The molecule has 0 spiro atoms. The molecule has 2 rings (SSSR count). The Morgan fingerprint density at radius 2 is 1.96 bits per heavy atom. The number of aryl methyl sites for hydroxylation is 1. The molecule has 0 bridgehead atoms. The van der Waals surface area contributed by atoms with Crippen LogP contribution in [0.4, 0.5) is 4.79 Å². The third kappa shape index (κ3) is 5.75. The molecule has 0 saturated heterocycles. The van der Waals surface area contributed by atoms with Crippen LogP contribution in [0, 0.1) is 0 Å². The number of unbranched alkanes of at least 4 members (excludes halogenated alkanes) is 3. The average Bonchev–Trinajstić information content (AvgIpc) is 3.01. The highest BCUT2D eigenvalue weighted by molar-refractivity contribution is 5.95. The van der Waals surface area contributed by atoms with Gasteiger partial charge in [-0.2, -0.15) is 0 Å². The maximum absolute atomic E-state index is 11.9. The third-order valence-electron chi connectivity index (χ3n) is 4.64. The van der Waals surface area contributed by atoms with E-state index < -0.39 is 6.09 Å². The molecule has 5 heteroatoms. The third-order valence-corrected chi connectivity index (χ3v) is 4.64. The molecule has 5 nitrogen and oxygen atoms in total. The highest BCUT2D eigenvalue weighted by atomic mass is 16.6. The second kappa shape index (κ2) is 10.2. The van der Waals surface area contributed by atoms with Crippen LogP contribution < -0.4 is 5.32 Å². The fraction of sp³-hybridized carbons (Fsp3) is 0.619. The van der Waals surface area contributed by atoms with Crippen molar-refractivity contribution in [1.29, 1.82) is 0 Å². The fourth-order valence-corrected chi connectivity index (χ4v) is 3.27. The van der Waals surface area contributed by atoms with Gasteiger partial charge in [0.05, 0.1) is 18.7 Å². The van der Waals surface area contributed by atoms with Gasteiger partial charge in [0, 0.05) is 6.54 Å². The number of benzene rings is 1. The Labute approximate surface area is 157 Å². The molecule has 1 aliphatic rings. The minimum absolute atomic E-state index is 0.146.